The van der Waals surface area contributed by atoms with Crippen molar-refractivity contribution in [2.45, 2.75) is 31.6 Å². The summed E-state index contributed by atoms with van der Waals surface area (Å²) in [5.41, 5.74) is 4.67. The molecule has 3 aromatic rings. The first-order chi connectivity index (χ1) is 13.1. The summed E-state index contributed by atoms with van der Waals surface area (Å²) in [5.74, 6) is 1.07. The van der Waals surface area contributed by atoms with Gasteiger partial charge >= 0.3 is 0 Å². The lowest BCUT2D eigenvalue weighted by Crippen LogP contribution is -2.38. The minimum Gasteiger partial charge on any atom is -0.371 e. The Bertz CT molecular complexity index is 957. The van der Waals surface area contributed by atoms with Crippen molar-refractivity contribution in [1.82, 2.24) is 4.98 Å². The maximum Gasteiger partial charge on any atom is 0.0688 e. The molecule has 1 N–H and O–H groups in total. The highest BCUT2D eigenvalue weighted by Gasteiger charge is 2.30. The number of H-pyrrole nitrogens is 1. The molecule has 1 aliphatic heterocycles. The number of piperidine rings is 1. The molecule has 0 aliphatic carbocycles. The van der Waals surface area contributed by atoms with E-state index in [-0.39, 0.29) is 5.41 Å². The van der Waals surface area contributed by atoms with Gasteiger partial charge in [0.05, 0.1) is 11.5 Å². The number of nitrogens with one attached hydrogen (secondary N) is 1. The number of hydrogen-bond donors (Lipinski definition) is 1. The summed E-state index contributed by atoms with van der Waals surface area (Å²) >= 11 is 1.87. The quantitative estimate of drug-likeness (QED) is 0.562. The largest absolute Gasteiger partial charge is 0.371 e. The Morgan fingerprint density at radius 1 is 1.15 bits per heavy atom. The van der Waals surface area contributed by atoms with Gasteiger partial charge in [-0.2, -0.15) is 5.26 Å². The molecule has 2 heterocycles. The number of anilines is 1. The van der Waals surface area contributed by atoms with E-state index in [1.54, 1.807) is 0 Å². The third-order valence-corrected chi connectivity index (χ3v) is 6.45. The zero-order valence-corrected chi connectivity index (χ0v) is 16.8. The number of para-hydroxylation sites is 1. The van der Waals surface area contributed by atoms with Gasteiger partial charge in [-0.1, -0.05) is 25.1 Å². The van der Waals surface area contributed by atoms with Crippen molar-refractivity contribution in [3.8, 4) is 17.3 Å². The topological polar surface area (TPSA) is 42.8 Å². The van der Waals surface area contributed by atoms with Crippen LogP contribution in [0.2, 0.25) is 0 Å². The van der Waals surface area contributed by atoms with Crippen molar-refractivity contribution in [2.75, 3.05) is 23.7 Å². The van der Waals surface area contributed by atoms with E-state index in [9.17, 15) is 5.26 Å². The normalized spacial score (nSPS) is 16.4. The van der Waals surface area contributed by atoms with Crippen molar-refractivity contribution in [1.29, 1.82) is 5.26 Å². The van der Waals surface area contributed by atoms with E-state index in [1.807, 2.05) is 11.8 Å². The summed E-state index contributed by atoms with van der Waals surface area (Å²) in [6.45, 7) is 6.13. The van der Waals surface area contributed by atoms with E-state index in [4.69, 9.17) is 0 Å². The third kappa shape index (κ3) is 3.57. The Morgan fingerprint density at radius 2 is 1.93 bits per heavy atom. The molecule has 1 fully saturated rings. The number of aromatic nitrogens is 1. The van der Waals surface area contributed by atoms with Crippen LogP contribution in [-0.2, 0) is 0 Å². The molecule has 0 radical (unpaired) electrons. The van der Waals surface area contributed by atoms with Gasteiger partial charge < -0.3 is 9.88 Å². The van der Waals surface area contributed by atoms with Crippen molar-refractivity contribution in [3.05, 3.63) is 48.5 Å². The molecule has 0 amide bonds. The van der Waals surface area contributed by atoms with Gasteiger partial charge in [0.25, 0.3) is 0 Å². The van der Waals surface area contributed by atoms with Crippen LogP contribution in [0.3, 0.4) is 0 Å². The summed E-state index contributed by atoms with van der Waals surface area (Å²) < 4.78 is 0. The molecule has 4 heteroatoms. The van der Waals surface area contributed by atoms with Gasteiger partial charge in [-0.05, 0) is 55.9 Å². The fraction of sp³-hybridized carbons (Fsp3) is 0.348. The summed E-state index contributed by atoms with van der Waals surface area (Å²) in [5, 5.41) is 10.7. The van der Waals surface area contributed by atoms with Crippen molar-refractivity contribution in [2.24, 2.45) is 5.41 Å². The molecule has 2 aromatic carbocycles. The molecule has 0 bridgehead atoms. The van der Waals surface area contributed by atoms with Gasteiger partial charge in [-0.25, -0.2) is 0 Å². The minimum absolute atomic E-state index is 0.185. The monoisotopic (exact) mass is 375 g/mol. The Hall–Kier alpha value is -2.38. The Morgan fingerprint density at radius 3 is 2.63 bits per heavy atom. The number of hydrogen-bond acceptors (Lipinski definition) is 3. The van der Waals surface area contributed by atoms with Gasteiger partial charge in [0, 0.05) is 45.8 Å². The maximum absolute atomic E-state index is 9.44. The summed E-state index contributed by atoms with van der Waals surface area (Å²) in [6.07, 6.45) is 1.84. The summed E-state index contributed by atoms with van der Waals surface area (Å²) in [6, 6.07) is 20.0. The number of rotatable bonds is 4. The number of benzene rings is 2. The maximum atomic E-state index is 9.44. The van der Waals surface area contributed by atoms with Crippen LogP contribution in [0.1, 0.15) is 26.7 Å². The van der Waals surface area contributed by atoms with Crippen molar-refractivity contribution in [3.63, 3.8) is 0 Å². The Balaban J connectivity index is 1.74. The first kappa shape index (κ1) is 18.0. The number of nitriles is 1. The van der Waals surface area contributed by atoms with Gasteiger partial charge in [0.15, 0.2) is 0 Å². The molecule has 1 aliphatic rings. The van der Waals surface area contributed by atoms with Gasteiger partial charge in [0.1, 0.15) is 0 Å². The summed E-state index contributed by atoms with van der Waals surface area (Å²) in [7, 11) is 0. The van der Waals surface area contributed by atoms with Crippen LogP contribution < -0.4 is 4.90 Å². The van der Waals surface area contributed by atoms with E-state index in [0.717, 1.165) is 31.7 Å². The van der Waals surface area contributed by atoms with Crippen LogP contribution in [0, 0.1) is 16.7 Å². The number of aromatic amines is 1. The highest BCUT2D eigenvalue weighted by molar-refractivity contribution is 7.99. The second-order valence-electron chi connectivity index (χ2n) is 7.54. The van der Waals surface area contributed by atoms with E-state index >= 15 is 0 Å². The SMILES string of the molecule is CCSc1ccc(N2CCC(C)(C#N)CC2)c(-c2cc3ccccc3[nH]2)c1. The molecule has 0 saturated carbocycles. The molecule has 0 unspecified atom stereocenters. The fourth-order valence-corrected chi connectivity index (χ4v) is 4.53. The number of nitrogens with zero attached hydrogens (tertiary/aromatic N) is 2. The lowest BCUT2D eigenvalue weighted by Gasteiger charge is -2.37. The van der Waals surface area contributed by atoms with Crippen molar-refractivity contribution < 1.29 is 0 Å². The summed E-state index contributed by atoms with van der Waals surface area (Å²) in [4.78, 5) is 7.34. The van der Waals surface area contributed by atoms with Crippen LogP contribution in [0.4, 0.5) is 5.69 Å². The van der Waals surface area contributed by atoms with Crippen LogP contribution in [0.5, 0.6) is 0 Å². The van der Waals surface area contributed by atoms with E-state index in [1.165, 1.54) is 32.7 Å². The highest BCUT2D eigenvalue weighted by Crippen LogP contribution is 2.39. The molecule has 1 saturated heterocycles. The second-order valence-corrected chi connectivity index (χ2v) is 8.88. The lowest BCUT2D eigenvalue weighted by molar-refractivity contribution is 0.337. The molecule has 0 atom stereocenters. The third-order valence-electron chi connectivity index (χ3n) is 5.58. The average Bonchev–Trinajstić information content (AvgIpc) is 3.13. The first-order valence-electron chi connectivity index (χ1n) is 9.63. The van der Waals surface area contributed by atoms with Crippen LogP contribution in [-0.4, -0.2) is 23.8 Å². The van der Waals surface area contributed by atoms with Crippen LogP contribution >= 0.6 is 11.8 Å². The molecule has 138 valence electrons. The molecular weight excluding hydrogens is 350 g/mol. The predicted molar refractivity (Wildman–Crippen MR) is 115 cm³/mol. The fourth-order valence-electron chi connectivity index (χ4n) is 3.83. The molecule has 4 rings (SSSR count). The smallest absolute Gasteiger partial charge is 0.0688 e. The van der Waals surface area contributed by atoms with E-state index in [0.29, 0.717) is 0 Å². The Labute approximate surface area is 165 Å². The van der Waals surface area contributed by atoms with Gasteiger partial charge in [-0.3, -0.25) is 0 Å². The van der Waals surface area contributed by atoms with Crippen LogP contribution in [0.25, 0.3) is 22.2 Å². The van der Waals surface area contributed by atoms with Gasteiger partial charge in [-0.15, -0.1) is 11.8 Å². The number of thioether (sulfide) groups is 1. The van der Waals surface area contributed by atoms with Crippen LogP contribution in [0.15, 0.2) is 53.4 Å². The zero-order valence-electron chi connectivity index (χ0n) is 16.0. The lowest BCUT2D eigenvalue weighted by atomic mass is 9.82. The second kappa shape index (κ2) is 7.32. The van der Waals surface area contributed by atoms with E-state index in [2.05, 4.69) is 78.3 Å². The molecule has 1 aromatic heterocycles. The highest BCUT2D eigenvalue weighted by atomic mass is 32.2. The standard InChI is InChI=1S/C23H25N3S/c1-3-27-18-8-9-22(26-12-10-23(2,16-24)11-13-26)19(15-18)21-14-17-6-4-5-7-20(17)25-21/h4-9,14-15,25H,3,10-13H2,1-2H3. The van der Waals surface area contributed by atoms with Gasteiger partial charge in [0.2, 0.25) is 0 Å². The van der Waals surface area contributed by atoms with E-state index < -0.39 is 0 Å². The molecule has 27 heavy (non-hydrogen) atoms. The Kier molecular flexibility index (Phi) is 4.88. The first-order valence-corrected chi connectivity index (χ1v) is 10.6. The molecule has 3 nitrogen and oxygen atoms in total. The zero-order chi connectivity index (χ0) is 18.9. The minimum atomic E-state index is -0.185. The predicted octanol–water partition coefficient (Wildman–Crippen LogP) is 6.08. The molecule has 0 spiro atoms. The van der Waals surface area contributed by atoms with Crippen molar-refractivity contribution >= 4 is 28.4 Å². The average molecular weight is 376 g/mol. The number of fused-ring (bicyclic) bond motifs is 1. The molecular formula is C23H25N3S.